The summed E-state index contributed by atoms with van der Waals surface area (Å²) in [7, 11) is 0. The topological polar surface area (TPSA) is 43.6 Å². The molecule has 1 aromatic heterocycles. The summed E-state index contributed by atoms with van der Waals surface area (Å²) in [6, 6.07) is 13.9. The van der Waals surface area contributed by atoms with E-state index in [1.165, 1.54) is 16.9 Å². The number of rotatable bonds is 3. The van der Waals surface area contributed by atoms with E-state index in [2.05, 4.69) is 31.3 Å². The molecule has 0 aliphatic carbocycles. The van der Waals surface area contributed by atoms with E-state index in [9.17, 15) is 4.39 Å². The first-order valence-corrected chi connectivity index (χ1v) is 6.79. The average molecular weight is 333 g/mol. The van der Waals surface area contributed by atoms with Crippen LogP contribution in [0, 0.1) is 5.82 Å². The third kappa shape index (κ3) is 2.75. The maximum atomic E-state index is 12.9. The van der Waals surface area contributed by atoms with Gasteiger partial charge in [-0.15, -0.1) is 10.2 Å². The molecule has 100 valence electrons. The smallest absolute Gasteiger partial charge is 0.204 e. The number of hydrogen-bond donors (Lipinski definition) is 0. The number of halogens is 2. The fraction of sp³-hybridized carbons (Fsp3) is 0.0714. The highest BCUT2D eigenvalue weighted by molar-refractivity contribution is 9.10. The van der Waals surface area contributed by atoms with Crippen molar-refractivity contribution in [2.24, 2.45) is 0 Å². The Labute approximate surface area is 123 Å². The molecule has 0 unspecified atom stereocenters. The van der Waals surface area contributed by atoms with Crippen LogP contribution in [0.15, 0.2) is 53.0 Å². The van der Waals surface area contributed by atoms with Crippen LogP contribution in [0.5, 0.6) is 0 Å². The fourth-order valence-corrected chi connectivity index (χ4v) is 2.21. The molecule has 1 heterocycles. The molecule has 3 aromatic rings. The van der Waals surface area contributed by atoms with Gasteiger partial charge >= 0.3 is 0 Å². The van der Waals surface area contributed by atoms with Gasteiger partial charge in [0.25, 0.3) is 0 Å². The molecule has 0 amide bonds. The van der Waals surface area contributed by atoms with Crippen molar-refractivity contribution < 1.29 is 4.39 Å². The summed E-state index contributed by atoms with van der Waals surface area (Å²) in [5.41, 5.74) is 1.81. The van der Waals surface area contributed by atoms with Gasteiger partial charge in [-0.1, -0.05) is 34.1 Å². The lowest BCUT2D eigenvalue weighted by molar-refractivity contribution is 0.571. The van der Waals surface area contributed by atoms with Crippen molar-refractivity contribution in [2.45, 2.75) is 6.54 Å². The molecular formula is C14H10BrFN4. The summed E-state index contributed by atoms with van der Waals surface area (Å²) < 4.78 is 13.9. The van der Waals surface area contributed by atoms with E-state index in [0.29, 0.717) is 12.4 Å². The quantitative estimate of drug-likeness (QED) is 0.739. The Balaban J connectivity index is 1.84. The second-order valence-corrected chi connectivity index (χ2v) is 5.10. The molecule has 6 heteroatoms. The molecule has 0 radical (unpaired) electrons. The number of tetrazole rings is 1. The van der Waals surface area contributed by atoms with Crippen LogP contribution in [-0.4, -0.2) is 20.2 Å². The minimum absolute atomic E-state index is 0.283. The monoisotopic (exact) mass is 332 g/mol. The van der Waals surface area contributed by atoms with Gasteiger partial charge in [-0.2, -0.15) is 4.80 Å². The first kappa shape index (κ1) is 12.9. The number of hydrogen-bond acceptors (Lipinski definition) is 3. The van der Waals surface area contributed by atoms with Crippen molar-refractivity contribution in [3.8, 4) is 11.4 Å². The summed E-state index contributed by atoms with van der Waals surface area (Å²) in [5, 5.41) is 12.3. The van der Waals surface area contributed by atoms with E-state index >= 15 is 0 Å². The summed E-state index contributed by atoms with van der Waals surface area (Å²) in [6.07, 6.45) is 0. The zero-order valence-electron chi connectivity index (χ0n) is 10.4. The molecule has 0 spiro atoms. The maximum absolute atomic E-state index is 12.9. The predicted molar refractivity (Wildman–Crippen MR) is 76.5 cm³/mol. The Bertz CT molecular complexity index is 724. The van der Waals surface area contributed by atoms with Crippen molar-refractivity contribution in [2.75, 3.05) is 0 Å². The van der Waals surface area contributed by atoms with Crippen LogP contribution in [0.2, 0.25) is 0 Å². The Kier molecular flexibility index (Phi) is 3.56. The third-order valence-corrected chi connectivity index (χ3v) is 3.60. The van der Waals surface area contributed by atoms with Crippen LogP contribution in [0.1, 0.15) is 5.56 Å². The molecule has 0 N–H and O–H groups in total. The minimum atomic E-state index is -0.283. The Morgan fingerprint density at radius 3 is 2.55 bits per heavy atom. The van der Waals surface area contributed by atoms with Crippen molar-refractivity contribution in [3.05, 3.63) is 64.4 Å². The summed E-state index contributed by atoms with van der Waals surface area (Å²) >= 11 is 3.48. The molecule has 0 fully saturated rings. The van der Waals surface area contributed by atoms with Crippen LogP contribution < -0.4 is 0 Å². The normalized spacial score (nSPS) is 10.7. The first-order chi connectivity index (χ1) is 9.72. The van der Waals surface area contributed by atoms with Crippen LogP contribution >= 0.6 is 15.9 Å². The molecule has 0 bridgehead atoms. The summed E-state index contributed by atoms with van der Waals surface area (Å²) in [5.74, 6) is 0.200. The standard InChI is InChI=1S/C14H10BrFN4/c15-13-4-2-1-3-11(13)9-20-18-14(17-19-20)10-5-7-12(16)8-6-10/h1-8H,9H2. The SMILES string of the molecule is Fc1ccc(-c2nnn(Cc3ccccc3Br)n2)cc1. The highest BCUT2D eigenvalue weighted by Gasteiger charge is 2.07. The molecule has 0 saturated carbocycles. The van der Waals surface area contributed by atoms with Gasteiger partial charge in [0.1, 0.15) is 5.82 Å². The van der Waals surface area contributed by atoms with Gasteiger partial charge in [-0.25, -0.2) is 4.39 Å². The van der Waals surface area contributed by atoms with E-state index in [-0.39, 0.29) is 5.82 Å². The van der Waals surface area contributed by atoms with E-state index in [4.69, 9.17) is 0 Å². The van der Waals surface area contributed by atoms with Crippen LogP contribution in [0.4, 0.5) is 4.39 Å². The van der Waals surface area contributed by atoms with E-state index in [1.54, 1.807) is 12.1 Å². The predicted octanol–water partition coefficient (Wildman–Crippen LogP) is 3.29. The third-order valence-electron chi connectivity index (χ3n) is 2.82. The van der Waals surface area contributed by atoms with Crippen molar-refractivity contribution in [3.63, 3.8) is 0 Å². The molecule has 2 aromatic carbocycles. The van der Waals surface area contributed by atoms with Gasteiger partial charge in [-0.3, -0.25) is 0 Å². The molecule has 3 rings (SSSR count). The molecule has 20 heavy (non-hydrogen) atoms. The fourth-order valence-electron chi connectivity index (χ4n) is 1.80. The molecule has 0 aliphatic rings. The van der Waals surface area contributed by atoms with E-state index < -0.39 is 0 Å². The van der Waals surface area contributed by atoms with Crippen LogP contribution in [0.25, 0.3) is 11.4 Å². The lowest BCUT2D eigenvalue weighted by Gasteiger charge is -2.01. The zero-order valence-corrected chi connectivity index (χ0v) is 12.0. The largest absolute Gasteiger partial charge is 0.207 e. The molecule has 4 nitrogen and oxygen atoms in total. The lowest BCUT2D eigenvalue weighted by atomic mass is 10.2. The number of benzene rings is 2. The summed E-state index contributed by atoms with van der Waals surface area (Å²) in [6.45, 7) is 0.523. The van der Waals surface area contributed by atoms with Crippen LogP contribution in [-0.2, 0) is 6.54 Å². The summed E-state index contributed by atoms with van der Waals surface area (Å²) in [4.78, 5) is 1.51. The second-order valence-electron chi connectivity index (χ2n) is 4.24. The van der Waals surface area contributed by atoms with Gasteiger partial charge in [0.15, 0.2) is 0 Å². The molecule has 0 aliphatic heterocycles. The van der Waals surface area contributed by atoms with E-state index in [1.807, 2.05) is 24.3 Å². The Morgan fingerprint density at radius 1 is 1.05 bits per heavy atom. The maximum Gasteiger partial charge on any atom is 0.204 e. The van der Waals surface area contributed by atoms with Crippen LogP contribution in [0.3, 0.4) is 0 Å². The highest BCUT2D eigenvalue weighted by Crippen LogP contribution is 2.17. The van der Waals surface area contributed by atoms with Gasteiger partial charge in [0, 0.05) is 10.0 Å². The first-order valence-electron chi connectivity index (χ1n) is 5.99. The van der Waals surface area contributed by atoms with Crippen molar-refractivity contribution >= 4 is 15.9 Å². The number of aromatic nitrogens is 4. The molecule has 0 saturated heterocycles. The van der Waals surface area contributed by atoms with Gasteiger partial charge in [0.05, 0.1) is 6.54 Å². The Morgan fingerprint density at radius 2 is 1.80 bits per heavy atom. The zero-order chi connectivity index (χ0) is 13.9. The molecule has 0 atom stereocenters. The second kappa shape index (κ2) is 5.50. The van der Waals surface area contributed by atoms with Crippen molar-refractivity contribution in [1.29, 1.82) is 0 Å². The minimum Gasteiger partial charge on any atom is -0.207 e. The van der Waals surface area contributed by atoms with Crippen molar-refractivity contribution in [1.82, 2.24) is 20.2 Å². The van der Waals surface area contributed by atoms with E-state index in [0.717, 1.165) is 15.6 Å². The van der Waals surface area contributed by atoms with Gasteiger partial charge in [0.2, 0.25) is 5.82 Å². The van der Waals surface area contributed by atoms with Gasteiger partial charge in [-0.05, 0) is 41.1 Å². The van der Waals surface area contributed by atoms with Gasteiger partial charge < -0.3 is 0 Å². The molecular weight excluding hydrogens is 323 g/mol. The Hall–Kier alpha value is -2.08. The highest BCUT2D eigenvalue weighted by atomic mass is 79.9. The average Bonchev–Trinajstić information content (AvgIpc) is 2.91. The lowest BCUT2D eigenvalue weighted by Crippen LogP contribution is -2.04. The number of nitrogens with zero attached hydrogens (tertiary/aromatic N) is 4.